The average Bonchev–Trinajstić information content (AvgIpc) is 3.34. The minimum Gasteiger partial charge on any atom is -0.507 e. The number of phenolic OH excluding ortho intramolecular Hbond substituents is 6. The van der Waals surface area contributed by atoms with Crippen molar-refractivity contribution in [1.29, 1.82) is 0 Å². The number of hydrogen-bond acceptors (Lipinski definition) is 22. The number of hydrogen-bond donors (Lipinski definition) is 12. The molecule has 22 nitrogen and oxygen atoms in total. The lowest BCUT2D eigenvalue weighted by atomic mass is 9.71. The molecule has 22 heteroatoms. The third-order valence-corrected chi connectivity index (χ3v) is 15.6. The van der Waals surface area contributed by atoms with Crippen molar-refractivity contribution in [3.05, 3.63) is 103 Å². The second-order valence-corrected chi connectivity index (χ2v) is 20.2. The fourth-order valence-electron chi connectivity index (χ4n) is 11.4. The number of nitrogens with zero attached hydrogens (tertiary/aromatic N) is 2. The highest BCUT2D eigenvalue weighted by Gasteiger charge is 2.52. The first-order valence-corrected chi connectivity index (χ1v) is 23.9. The number of fused-ring (bicyclic) bond motifs is 6. The minimum absolute atomic E-state index is 0.0762. The predicted molar refractivity (Wildman–Crippen MR) is 256 cm³/mol. The van der Waals surface area contributed by atoms with Gasteiger partial charge in [-0.15, -0.1) is 0 Å². The van der Waals surface area contributed by atoms with E-state index in [0.717, 1.165) is 0 Å². The molecule has 12 atom stereocenters. The molecule has 0 spiro atoms. The van der Waals surface area contributed by atoms with Gasteiger partial charge in [0.05, 0.1) is 81.4 Å². The van der Waals surface area contributed by atoms with E-state index in [0.29, 0.717) is 0 Å². The molecule has 0 aromatic heterocycles. The number of ketones is 4. The molecular formula is C52H54N4O18. The molecule has 14 N–H and O–H groups in total. The molecule has 0 bridgehead atoms. The van der Waals surface area contributed by atoms with E-state index in [1.165, 1.54) is 50.2 Å². The molecule has 10 rings (SSSR count). The van der Waals surface area contributed by atoms with Gasteiger partial charge in [0.1, 0.15) is 45.7 Å². The summed E-state index contributed by atoms with van der Waals surface area (Å²) in [6.07, 6.45) is -11.3. The molecule has 2 aliphatic heterocycles. The molecule has 6 aliphatic rings. The lowest BCUT2D eigenvalue weighted by Crippen LogP contribution is -2.52. The lowest BCUT2D eigenvalue weighted by molar-refractivity contribution is -0.246. The summed E-state index contributed by atoms with van der Waals surface area (Å²) >= 11 is 0. The molecule has 2 saturated heterocycles. The van der Waals surface area contributed by atoms with Gasteiger partial charge in [-0.2, -0.15) is 10.2 Å². The molecule has 0 saturated carbocycles. The standard InChI is InChI=1S/C52H54N4O18/c1-17-41(59)25(53)11-31(71-17)73-29-15-51(69,13-23-35(29)49(67)39-37(45(23)63)43(61)21-7-5-9-27(57)33(21)47(39)65)19(3)55-56-20(4)52(70)14-24-36(30(16-52)74-32-12-26(54)42(60)18(2)72-32)50(68)40-38(46(24)64)44(62)22-8-6-10-28(58)34(22)48(40)66/h5-10,17-18,25-26,29-32,41-42,57-60,63-64,67-70H,11-16,53-54H2,1-4H3/b55-19+,56-20+. The van der Waals surface area contributed by atoms with Gasteiger partial charge in [-0.25, -0.2) is 0 Å². The zero-order chi connectivity index (χ0) is 53.4. The Kier molecular flexibility index (Phi) is 12.4. The number of phenols is 6. The molecule has 390 valence electrons. The molecule has 4 aromatic carbocycles. The maximum atomic E-state index is 14.0. The van der Waals surface area contributed by atoms with Crippen molar-refractivity contribution < 1.29 is 89.2 Å². The second kappa shape index (κ2) is 18.0. The van der Waals surface area contributed by atoms with Gasteiger partial charge < -0.3 is 81.5 Å². The fourth-order valence-corrected chi connectivity index (χ4v) is 11.4. The van der Waals surface area contributed by atoms with Crippen LogP contribution in [0.4, 0.5) is 0 Å². The molecule has 4 aromatic rings. The largest absolute Gasteiger partial charge is 0.507 e. The van der Waals surface area contributed by atoms with E-state index in [9.17, 15) is 70.2 Å². The van der Waals surface area contributed by atoms with E-state index >= 15 is 0 Å². The van der Waals surface area contributed by atoms with Crippen molar-refractivity contribution in [2.75, 3.05) is 0 Å². The fraction of sp³-hybridized carbons (Fsp3) is 0.423. The van der Waals surface area contributed by atoms with Crippen molar-refractivity contribution in [3.8, 4) is 34.5 Å². The van der Waals surface area contributed by atoms with E-state index in [1.807, 2.05) is 0 Å². The monoisotopic (exact) mass is 1020 g/mol. The third kappa shape index (κ3) is 7.78. The summed E-state index contributed by atoms with van der Waals surface area (Å²) in [5.74, 6) is -7.91. The Morgan fingerprint density at radius 2 is 0.919 bits per heavy atom. The Labute approximate surface area is 420 Å². The van der Waals surface area contributed by atoms with Gasteiger partial charge in [0, 0.05) is 84.0 Å². The van der Waals surface area contributed by atoms with Crippen LogP contribution in [0.25, 0.3) is 0 Å². The zero-order valence-electron chi connectivity index (χ0n) is 40.3. The number of benzene rings is 4. The summed E-state index contributed by atoms with van der Waals surface area (Å²) in [5, 5.41) is 124. The number of rotatable bonds is 7. The number of carbonyl (C=O) groups is 4. The van der Waals surface area contributed by atoms with Crippen LogP contribution >= 0.6 is 0 Å². The molecule has 4 aliphatic carbocycles. The zero-order valence-corrected chi connectivity index (χ0v) is 40.3. The van der Waals surface area contributed by atoms with E-state index in [4.69, 9.17) is 30.4 Å². The van der Waals surface area contributed by atoms with Crippen LogP contribution in [0.3, 0.4) is 0 Å². The summed E-state index contributed by atoms with van der Waals surface area (Å²) in [6, 6.07) is 5.90. The molecule has 12 unspecified atom stereocenters. The molecular weight excluding hydrogens is 969 g/mol. The van der Waals surface area contributed by atoms with Crippen LogP contribution in [0.5, 0.6) is 34.5 Å². The Balaban J connectivity index is 1.05. The van der Waals surface area contributed by atoms with Crippen molar-refractivity contribution in [1.82, 2.24) is 0 Å². The number of nitrogens with two attached hydrogens (primary N) is 2. The van der Waals surface area contributed by atoms with Crippen LogP contribution in [0.15, 0.2) is 46.6 Å². The summed E-state index contributed by atoms with van der Waals surface area (Å²) in [5.41, 5.74) is 3.30. The van der Waals surface area contributed by atoms with Gasteiger partial charge in [-0.1, -0.05) is 24.3 Å². The van der Waals surface area contributed by atoms with Crippen LogP contribution < -0.4 is 11.5 Å². The minimum atomic E-state index is -2.16. The van der Waals surface area contributed by atoms with E-state index < -0.39 is 189 Å². The van der Waals surface area contributed by atoms with E-state index in [2.05, 4.69) is 10.2 Å². The Bertz CT molecular complexity index is 2960. The van der Waals surface area contributed by atoms with E-state index in [-0.39, 0.29) is 57.6 Å². The topological polar surface area (TPSA) is 384 Å². The highest BCUT2D eigenvalue weighted by atomic mass is 16.7. The van der Waals surface area contributed by atoms with Crippen LogP contribution in [-0.4, -0.2) is 146 Å². The predicted octanol–water partition coefficient (Wildman–Crippen LogP) is 2.12. The smallest absolute Gasteiger partial charge is 0.202 e. The first-order valence-electron chi connectivity index (χ1n) is 23.9. The lowest BCUT2D eigenvalue weighted by Gasteiger charge is -2.43. The third-order valence-electron chi connectivity index (χ3n) is 15.6. The molecule has 74 heavy (non-hydrogen) atoms. The summed E-state index contributed by atoms with van der Waals surface area (Å²) in [4.78, 5) is 56.1. The average molecular weight is 1020 g/mol. The number of aliphatic hydroxyl groups is 4. The van der Waals surface area contributed by atoms with Gasteiger partial charge in [0.2, 0.25) is 11.6 Å². The van der Waals surface area contributed by atoms with Crippen molar-refractivity contribution in [2.24, 2.45) is 21.7 Å². The Morgan fingerprint density at radius 3 is 1.27 bits per heavy atom. The van der Waals surface area contributed by atoms with Gasteiger partial charge in [-0.05, 0) is 39.8 Å². The van der Waals surface area contributed by atoms with Gasteiger partial charge in [0.25, 0.3) is 0 Å². The highest BCUT2D eigenvalue weighted by Crippen LogP contribution is 2.55. The maximum absolute atomic E-state index is 14.0. The summed E-state index contributed by atoms with van der Waals surface area (Å²) in [6.45, 7) is 5.84. The van der Waals surface area contributed by atoms with Gasteiger partial charge in [0.15, 0.2) is 24.1 Å². The quantitative estimate of drug-likeness (QED) is 0.0619. The summed E-state index contributed by atoms with van der Waals surface area (Å²) < 4.78 is 24.5. The molecule has 0 amide bonds. The summed E-state index contributed by atoms with van der Waals surface area (Å²) in [7, 11) is 0. The number of ether oxygens (including phenoxy) is 4. The van der Waals surface area contributed by atoms with Crippen molar-refractivity contribution >= 4 is 34.6 Å². The van der Waals surface area contributed by atoms with Crippen LogP contribution in [0, 0.1) is 0 Å². The normalized spacial score (nSPS) is 31.8. The van der Waals surface area contributed by atoms with Crippen molar-refractivity contribution in [3.63, 3.8) is 0 Å². The van der Waals surface area contributed by atoms with E-state index in [1.54, 1.807) is 13.8 Å². The van der Waals surface area contributed by atoms with Crippen LogP contribution in [0.2, 0.25) is 0 Å². The Hall–Kier alpha value is -6.70. The van der Waals surface area contributed by atoms with Crippen molar-refractivity contribution in [2.45, 2.75) is 139 Å². The van der Waals surface area contributed by atoms with Gasteiger partial charge >= 0.3 is 0 Å². The number of aromatic hydroxyl groups is 6. The first kappa shape index (κ1) is 50.8. The maximum Gasteiger partial charge on any atom is 0.202 e. The second-order valence-electron chi connectivity index (χ2n) is 20.2. The Morgan fingerprint density at radius 1 is 0.568 bits per heavy atom. The molecule has 2 fully saturated rings. The van der Waals surface area contributed by atoms with Crippen LogP contribution in [0.1, 0.15) is 152 Å². The van der Waals surface area contributed by atoms with Gasteiger partial charge in [-0.3, -0.25) is 19.2 Å². The molecule has 0 radical (unpaired) electrons. The number of carbonyl (C=O) groups excluding carboxylic acids is 4. The van der Waals surface area contributed by atoms with Crippen LogP contribution in [-0.2, 0) is 31.8 Å². The first-order chi connectivity index (χ1) is 34.9. The SMILES string of the molecule is C/C(=N\N=C(/C)C1(O)Cc2c(O)c3c(c(O)c2C(OC2CC(N)C(O)C(C)O2)C1)C(=O)c1c(O)cccc1C3=O)C1(O)Cc2c(O)c3c(c(O)c2C(OC2CC(N)C(O)C(C)O2)C1)C(=O)c1c(O)cccc1C3=O. The highest BCUT2D eigenvalue weighted by molar-refractivity contribution is 6.32. The molecule has 2 heterocycles. The number of aliphatic hydroxyl groups excluding tert-OH is 2.